The molecule has 1 N–H and O–H groups in total. The number of nitrogens with one attached hydrogen (secondary N) is 1. The van der Waals surface area contributed by atoms with Gasteiger partial charge in [-0.05, 0) is 59.4 Å². The molecule has 3 aromatic carbocycles. The maximum Gasteiger partial charge on any atom is 0.201 e. The van der Waals surface area contributed by atoms with E-state index in [9.17, 15) is 0 Å². The van der Waals surface area contributed by atoms with Crippen LogP contribution >= 0.6 is 11.6 Å². The van der Waals surface area contributed by atoms with Crippen LogP contribution in [0, 0.1) is 0 Å². The lowest BCUT2D eigenvalue weighted by molar-refractivity contribution is -0.483. The van der Waals surface area contributed by atoms with Crippen molar-refractivity contribution in [3.05, 3.63) is 96.0 Å². The van der Waals surface area contributed by atoms with Crippen LogP contribution in [0.1, 0.15) is 31.2 Å². The molecule has 1 unspecified atom stereocenters. The summed E-state index contributed by atoms with van der Waals surface area (Å²) in [5, 5.41) is 4.31. The lowest BCUT2D eigenvalue weighted by atomic mass is 9.89. The lowest BCUT2D eigenvalue weighted by Gasteiger charge is -2.43. The first-order valence-corrected chi connectivity index (χ1v) is 11.8. The number of anilines is 1. The van der Waals surface area contributed by atoms with E-state index in [4.69, 9.17) is 26.1 Å². The molecule has 4 nitrogen and oxygen atoms in total. The lowest BCUT2D eigenvalue weighted by Crippen LogP contribution is -2.49. The Labute approximate surface area is 200 Å². The molecule has 3 aromatic rings. The Bertz CT molecular complexity index is 1060. The predicted molar refractivity (Wildman–Crippen MR) is 133 cm³/mol. The van der Waals surface area contributed by atoms with Crippen molar-refractivity contribution < 1.29 is 14.5 Å². The molecule has 170 valence electrons. The minimum absolute atomic E-state index is 0.317. The average molecular weight is 462 g/mol. The van der Waals surface area contributed by atoms with E-state index >= 15 is 0 Å². The van der Waals surface area contributed by atoms with E-state index < -0.39 is 5.79 Å². The van der Waals surface area contributed by atoms with Gasteiger partial charge < -0.3 is 10.1 Å². The smallest absolute Gasteiger partial charge is 0.201 e. The third-order valence-corrected chi connectivity index (χ3v) is 6.78. The fraction of sp³-hybridized carbons (Fsp3) is 0.286. The zero-order valence-corrected chi connectivity index (χ0v) is 19.3. The summed E-state index contributed by atoms with van der Waals surface area (Å²) in [6.45, 7) is 4.68. The van der Waals surface area contributed by atoms with Crippen LogP contribution in [0.2, 0.25) is 5.02 Å². The molecule has 5 rings (SSSR count). The van der Waals surface area contributed by atoms with Gasteiger partial charge in [0.2, 0.25) is 5.79 Å². The summed E-state index contributed by atoms with van der Waals surface area (Å²) >= 11 is 5.98. The molecule has 2 aliphatic rings. The van der Waals surface area contributed by atoms with E-state index in [2.05, 4.69) is 48.3 Å². The van der Waals surface area contributed by atoms with Gasteiger partial charge in [-0.25, -0.2) is 9.78 Å². The molecule has 1 aliphatic carbocycles. The molecule has 1 saturated heterocycles. The molecule has 33 heavy (non-hydrogen) atoms. The molecule has 1 spiro atoms. The molecular formula is C28H28ClNO3. The van der Waals surface area contributed by atoms with Crippen LogP contribution in [0.4, 0.5) is 5.69 Å². The number of hydrogen-bond acceptors (Lipinski definition) is 4. The monoisotopic (exact) mass is 461 g/mol. The molecule has 1 heterocycles. The highest BCUT2D eigenvalue weighted by Gasteiger charge is 2.43. The highest BCUT2D eigenvalue weighted by atomic mass is 35.5. The molecular weight excluding hydrogens is 434 g/mol. The maximum absolute atomic E-state index is 6.22. The first-order chi connectivity index (χ1) is 16.1. The molecule has 0 aromatic heterocycles. The standard InChI is InChI=1S/C28H28ClNO3/c1-20(21-7-9-23(10-8-21)22-5-3-2-4-6-22)27-19-31-28(33-32-27)17-15-26(16-18-28)30-25-13-11-24(29)12-14-25/h2-14,26-27,30H,1,15-19H2. The molecule has 1 atom stereocenters. The molecule has 0 bridgehead atoms. The Kier molecular flexibility index (Phi) is 6.52. The van der Waals surface area contributed by atoms with Crippen LogP contribution in [0.25, 0.3) is 16.7 Å². The van der Waals surface area contributed by atoms with Gasteiger partial charge in [0.1, 0.15) is 6.10 Å². The first-order valence-electron chi connectivity index (χ1n) is 11.5. The summed E-state index contributed by atoms with van der Waals surface area (Å²) in [6.07, 6.45) is 3.13. The van der Waals surface area contributed by atoms with Gasteiger partial charge in [-0.3, -0.25) is 0 Å². The molecule has 2 fully saturated rings. The number of ether oxygens (including phenoxy) is 1. The molecule has 0 amide bonds. The van der Waals surface area contributed by atoms with E-state index in [1.54, 1.807) is 0 Å². The summed E-state index contributed by atoms with van der Waals surface area (Å²) in [5.41, 5.74) is 5.34. The SMILES string of the molecule is C=C(c1ccc(-c2ccccc2)cc1)C1COC2(CCC(Nc3ccc(Cl)cc3)CC2)OO1. The summed E-state index contributed by atoms with van der Waals surface area (Å²) in [5.74, 6) is -0.661. The van der Waals surface area contributed by atoms with Gasteiger partial charge in [0, 0.05) is 29.6 Å². The van der Waals surface area contributed by atoms with E-state index in [-0.39, 0.29) is 6.10 Å². The van der Waals surface area contributed by atoms with E-state index in [1.807, 2.05) is 42.5 Å². The molecule has 0 radical (unpaired) electrons. The number of halogens is 1. The van der Waals surface area contributed by atoms with Crippen molar-refractivity contribution in [2.24, 2.45) is 0 Å². The Morgan fingerprint density at radius 2 is 1.55 bits per heavy atom. The quantitative estimate of drug-likeness (QED) is 0.410. The highest BCUT2D eigenvalue weighted by molar-refractivity contribution is 6.30. The third kappa shape index (κ3) is 5.15. The fourth-order valence-electron chi connectivity index (χ4n) is 4.49. The van der Waals surface area contributed by atoms with E-state index in [0.717, 1.165) is 47.5 Å². The third-order valence-electron chi connectivity index (χ3n) is 6.53. The maximum atomic E-state index is 6.22. The van der Waals surface area contributed by atoms with Crippen LogP contribution in [0.15, 0.2) is 85.4 Å². The number of rotatable bonds is 5. The topological polar surface area (TPSA) is 39.7 Å². The minimum atomic E-state index is -0.661. The second kappa shape index (κ2) is 9.70. The van der Waals surface area contributed by atoms with Gasteiger partial charge in [0.15, 0.2) is 0 Å². The minimum Gasteiger partial charge on any atom is -0.382 e. The van der Waals surface area contributed by atoms with Crippen LogP contribution in [-0.4, -0.2) is 24.5 Å². The molecule has 1 aliphatic heterocycles. The summed E-state index contributed by atoms with van der Waals surface area (Å²) in [4.78, 5) is 11.7. The summed E-state index contributed by atoms with van der Waals surface area (Å²) < 4.78 is 6.22. The van der Waals surface area contributed by atoms with Crippen LogP contribution in [0.5, 0.6) is 0 Å². The zero-order chi connectivity index (χ0) is 22.7. The second-order valence-electron chi connectivity index (χ2n) is 8.78. The second-order valence-corrected chi connectivity index (χ2v) is 9.22. The Morgan fingerprint density at radius 1 is 0.879 bits per heavy atom. The van der Waals surface area contributed by atoms with Gasteiger partial charge in [-0.2, -0.15) is 0 Å². The van der Waals surface area contributed by atoms with E-state index in [0.29, 0.717) is 12.6 Å². The zero-order valence-electron chi connectivity index (χ0n) is 18.5. The predicted octanol–water partition coefficient (Wildman–Crippen LogP) is 7.12. The van der Waals surface area contributed by atoms with Crippen LogP contribution in [0.3, 0.4) is 0 Å². The van der Waals surface area contributed by atoms with Gasteiger partial charge >= 0.3 is 0 Å². The van der Waals surface area contributed by atoms with Crippen molar-refractivity contribution in [1.82, 2.24) is 0 Å². The average Bonchev–Trinajstić information content (AvgIpc) is 2.88. The van der Waals surface area contributed by atoms with Gasteiger partial charge in [-0.1, -0.05) is 72.8 Å². The Hall–Kier alpha value is -2.63. The summed E-state index contributed by atoms with van der Waals surface area (Å²) in [6, 6.07) is 26.9. The van der Waals surface area contributed by atoms with Gasteiger partial charge in [0.25, 0.3) is 0 Å². The van der Waals surface area contributed by atoms with E-state index in [1.165, 1.54) is 11.1 Å². The Balaban J connectivity index is 1.13. The fourth-order valence-corrected chi connectivity index (χ4v) is 4.61. The van der Waals surface area contributed by atoms with Crippen molar-refractivity contribution in [3.8, 4) is 11.1 Å². The van der Waals surface area contributed by atoms with Gasteiger partial charge in [0.05, 0.1) is 6.61 Å². The largest absolute Gasteiger partial charge is 0.382 e. The van der Waals surface area contributed by atoms with Crippen LogP contribution < -0.4 is 5.32 Å². The van der Waals surface area contributed by atoms with Crippen molar-refractivity contribution in [3.63, 3.8) is 0 Å². The highest BCUT2D eigenvalue weighted by Crippen LogP contribution is 2.39. The van der Waals surface area contributed by atoms with Crippen molar-refractivity contribution >= 4 is 22.9 Å². The number of benzene rings is 3. The van der Waals surface area contributed by atoms with Crippen molar-refractivity contribution in [2.45, 2.75) is 43.6 Å². The van der Waals surface area contributed by atoms with Crippen LogP contribution in [-0.2, 0) is 14.5 Å². The van der Waals surface area contributed by atoms with Crippen molar-refractivity contribution in [2.75, 3.05) is 11.9 Å². The molecule has 5 heteroatoms. The van der Waals surface area contributed by atoms with Crippen molar-refractivity contribution in [1.29, 1.82) is 0 Å². The first kappa shape index (κ1) is 22.2. The normalized spacial score (nSPS) is 25.0. The number of hydrogen-bond donors (Lipinski definition) is 1. The van der Waals surface area contributed by atoms with Gasteiger partial charge in [-0.15, -0.1) is 0 Å². The Morgan fingerprint density at radius 3 is 2.18 bits per heavy atom. The molecule has 1 saturated carbocycles. The summed E-state index contributed by atoms with van der Waals surface area (Å²) in [7, 11) is 0.